The zero-order chi connectivity index (χ0) is 27.6. The number of ether oxygens (including phenoxy) is 1. The molecule has 208 valence electrons. The average molecular weight is 543 g/mol. The summed E-state index contributed by atoms with van der Waals surface area (Å²) in [4.78, 5) is 34.1. The van der Waals surface area contributed by atoms with Crippen LogP contribution in [0.5, 0.6) is 6.01 Å². The van der Waals surface area contributed by atoms with Crippen molar-refractivity contribution in [2.24, 2.45) is 0 Å². The maximum Gasteiger partial charge on any atom is 0.407 e. The van der Waals surface area contributed by atoms with Crippen LogP contribution in [0.3, 0.4) is 0 Å². The average Bonchev–Trinajstić information content (AvgIpc) is 3.39. The number of carboxylic acid groups (broad SMARTS) is 1. The number of aromatic nitrogens is 3. The van der Waals surface area contributed by atoms with Crippen LogP contribution in [0, 0.1) is 11.3 Å². The van der Waals surface area contributed by atoms with Gasteiger partial charge >= 0.3 is 12.1 Å². The van der Waals surface area contributed by atoms with Crippen LogP contribution in [0.1, 0.15) is 30.5 Å². The van der Waals surface area contributed by atoms with Gasteiger partial charge in [-0.05, 0) is 45.0 Å². The number of anilines is 2. The second-order valence-corrected chi connectivity index (χ2v) is 10.8. The van der Waals surface area contributed by atoms with Crippen molar-refractivity contribution in [3.63, 3.8) is 0 Å². The maximum absolute atomic E-state index is 11.8. The molecule has 2 aromatic heterocycles. The van der Waals surface area contributed by atoms with Crippen molar-refractivity contribution in [3.8, 4) is 12.1 Å². The van der Waals surface area contributed by atoms with Crippen molar-refractivity contribution in [3.05, 3.63) is 47.9 Å². The first-order chi connectivity index (χ1) is 19.5. The number of piperazine rings is 1. The lowest BCUT2D eigenvalue weighted by molar-refractivity contribution is 0.119. The Hall–Kier alpha value is -4.17. The van der Waals surface area contributed by atoms with Crippen LogP contribution < -0.4 is 14.5 Å². The predicted molar refractivity (Wildman–Crippen MR) is 151 cm³/mol. The number of nitrogens with zero attached hydrogens (tertiary/aromatic N) is 8. The number of hydrogen-bond donors (Lipinski definition) is 1. The molecular weight excluding hydrogens is 508 g/mol. The molecule has 0 radical (unpaired) electrons. The van der Waals surface area contributed by atoms with Crippen molar-refractivity contribution in [2.45, 2.75) is 44.3 Å². The lowest BCUT2D eigenvalue weighted by Gasteiger charge is -2.41. The molecule has 0 bridgehead atoms. The van der Waals surface area contributed by atoms with Gasteiger partial charge in [-0.3, -0.25) is 4.98 Å². The SMILES string of the molecule is CN1CCCC1COc1nc2c(c(N3CCN(C(=O)O)C(CC#N)C3)n1)CCN(c1cccc3cnccc13)C2. The molecule has 1 aromatic carbocycles. The normalized spacial score (nSPS) is 21.4. The third-order valence-corrected chi connectivity index (χ3v) is 8.45. The minimum atomic E-state index is -0.991. The van der Waals surface area contributed by atoms with Gasteiger partial charge in [-0.25, -0.2) is 4.79 Å². The molecule has 11 nitrogen and oxygen atoms in total. The smallest absolute Gasteiger partial charge is 0.407 e. The van der Waals surface area contributed by atoms with Gasteiger partial charge in [-0.15, -0.1) is 0 Å². The largest absolute Gasteiger partial charge is 0.465 e. The Morgan fingerprint density at radius 2 is 2.05 bits per heavy atom. The number of amides is 1. The van der Waals surface area contributed by atoms with Crippen LogP contribution in [-0.4, -0.2) is 94.4 Å². The molecule has 1 N–H and O–H groups in total. The quantitative estimate of drug-likeness (QED) is 0.497. The number of likely N-dealkylation sites (tertiary alicyclic amines) is 1. The van der Waals surface area contributed by atoms with Crippen LogP contribution >= 0.6 is 0 Å². The minimum Gasteiger partial charge on any atom is -0.465 e. The van der Waals surface area contributed by atoms with Crippen molar-refractivity contribution in [1.82, 2.24) is 24.8 Å². The molecule has 40 heavy (non-hydrogen) atoms. The van der Waals surface area contributed by atoms with E-state index in [0.29, 0.717) is 44.8 Å². The third kappa shape index (κ3) is 5.07. The Morgan fingerprint density at radius 1 is 1.15 bits per heavy atom. The Labute approximate surface area is 233 Å². The number of benzene rings is 1. The Balaban J connectivity index is 1.33. The second kappa shape index (κ2) is 11.1. The Bertz CT molecular complexity index is 1440. The molecule has 3 aromatic rings. The summed E-state index contributed by atoms with van der Waals surface area (Å²) in [5, 5.41) is 21.3. The van der Waals surface area contributed by atoms with Crippen molar-refractivity contribution in [1.29, 1.82) is 5.26 Å². The zero-order valence-electron chi connectivity index (χ0n) is 22.7. The Kier molecular flexibility index (Phi) is 7.26. The Morgan fingerprint density at radius 3 is 2.85 bits per heavy atom. The van der Waals surface area contributed by atoms with E-state index in [-0.39, 0.29) is 6.42 Å². The second-order valence-electron chi connectivity index (χ2n) is 10.8. The fraction of sp³-hybridized carbons (Fsp3) is 0.483. The highest BCUT2D eigenvalue weighted by molar-refractivity contribution is 5.93. The van der Waals surface area contributed by atoms with Crippen molar-refractivity contribution in [2.75, 3.05) is 56.2 Å². The fourth-order valence-electron chi connectivity index (χ4n) is 6.24. The van der Waals surface area contributed by atoms with Gasteiger partial charge in [0.15, 0.2) is 0 Å². The molecule has 2 saturated heterocycles. The lowest BCUT2D eigenvalue weighted by Crippen LogP contribution is -2.55. The van der Waals surface area contributed by atoms with E-state index in [2.05, 4.69) is 57.1 Å². The molecule has 0 saturated carbocycles. The molecule has 3 aliphatic heterocycles. The van der Waals surface area contributed by atoms with E-state index >= 15 is 0 Å². The highest BCUT2D eigenvalue weighted by Gasteiger charge is 2.34. The molecule has 0 aliphatic carbocycles. The van der Waals surface area contributed by atoms with Gasteiger partial charge in [-0.1, -0.05) is 12.1 Å². The van der Waals surface area contributed by atoms with Gasteiger partial charge in [0.1, 0.15) is 12.4 Å². The van der Waals surface area contributed by atoms with E-state index in [9.17, 15) is 15.2 Å². The van der Waals surface area contributed by atoms with Crippen LogP contribution in [0.25, 0.3) is 10.8 Å². The van der Waals surface area contributed by atoms with E-state index in [1.165, 1.54) is 4.90 Å². The summed E-state index contributed by atoms with van der Waals surface area (Å²) in [6, 6.07) is 10.8. The molecule has 5 heterocycles. The molecule has 6 rings (SSSR count). The molecule has 1 amide bonds. The summed E-state index contributed by atoms with van der Waals surface area (Å²) >= 11 is 0. The van der Waals surface area contributed by atoms with Crippen LogP contribution in [0.15, 0.2) is 36.7 Å². The number of pyridine rings is 1. The monoisotopic (exact) mass is 542 g/mol. The first kappa shape index (κ1) is 26.1. The number of fused-ring (bicyclic) bond motifs is 2. The molecule has 0 spiro atoms. The molecule has 2 atom stereocenters. The van der Waals surface area contributed by atoms with E-state index in [0.717, 1.165) is 65.9 Å². The van der Waals surface area contributed by atoms with E-state index in [1.807, 2.05) is 12.4 Å². The number of carbonyl (C=O) groups is 1. The summed E-state index contributed by atoms with van der Waals surface area (Å²) < 4.78 is 6.23. The molecule has 11 heteroatoms. The van der Waals surface area contributed by atoms with Crippen LogP contribution in [0.2, 0.25) is 0 Å². The van der Waals surface area contributed by atoms with Gasteiger partial charge in [0.05, 0.1) is 30.8 Å². The number of rotatable bonds is 6. The van der Waals surface area contributed by atoms with Gasteiger partial charge in [0.25, 0.3) is 0 Å². The molecule has 2 unspecified atom stereocenters. The maximum atomic E-state index is 11.8. The summed E-state index contributed by atoms with van der Waals surface area (Å²) in [6.45, 7) is 4.24. The van der Waals surface area contributed by atoms with E-state index < -0.39 is 12.1 Å². The van der Waals surface area contributed by atoms with Gasteiger partial charge < -0.3 is 29.4 Å². The molecule has 3 aliphatic rings. The third-order valence-electron chi connectivity index (χ3n) is 8.45. The van der Waals surface area contributed by atoms with E-state index in [1.54, 1.807) is 0 Å². The highest BCUT2D eigenvalue weighted by Crippen LogP contribution is 2.34. The van der Waals surface area contributed by atoms with Crippen molar-refractivity contribution < 1.29 is 14.6 Å². The standard InChI is InChI=1S/C29H34N8O3/c1-34-12-3-5-22(34)19-40-28-32-25-18-35(26-6-2-4-20-16-31-11-8-23(20)26)13-9-24(25)27(33-28)36-14-15-37(29(38)39)21(17-36)7-10-30/h2,4,6,8,11,16,21-22H,3,5,7,9,12-15,17-19H2,1H3,(H,38,39). The van der Waals surface area contributed by atoms with Gasteiger partial charge in [0.2, 0.25) is 0 Å². The zero-order valence-corrected chi connectivity index (χ0v) is 22.7. The molecular formula is C29H34N8O3. The summed E-state index contributed by atoms with van der Waals surface area (Å²) in [6.07, 6.45) is 5.85. The number of likely N-dealkylation sites (N-methyl/N-ethyl adjacent to an activating group) is 1. The minimum absolute atomic E-state index is 0.136. The first-order valence-electron chi connectivity index (χ1n) is 13.9. The summed E-state index contributed by atoms with van der Waals surface area (Å²) in [7, 11) is 2.12. The highest BCUT2D eigenvalue weighted by atomic mass is 16.5. The number of nitriles is 1. The first-order valence-corrected chi connectivity index (χ1v) is 13.9. The molecule has 2 fully saturated rings. The van der Waals surface area contributed by atoms with Crippen LogP contribution in [-0.2, 0) is 13.0 Å². The van der Waals surface area contributed by atoms with Crippen molar-refractivity contribution >= 4 is 28.4 Å². The fourth-order valence-corrected chi connectivity index (χ4v) is 6.24. The topological polar surface area (TPSA) is 122 Å². The van der Waals surface area contributed by atoms with Gasteiger partial charge in [-0.2, -0.15) is 15.2 Å². The number of hydrogen-bond acceptors (Lipinski definition) is 9. The summed E-state index contributed by atoms with van der Waals surface area (Å²) in [5.74, 6) is 0.800. The summed E-state index contributed by atoms with van der Waals surface area (Å²) in [5.41, 5.74) is 3.14. The lowest BCUT2D eigenvalue weighted by atomic mass is 10.0. The van der Waals surface area contributed by atoms with Gasteiger partial charge in [0, 0.05) is 66.6 Å². The van der Waals surface area contributed by atoms with E-state index in [4.69, 9.17) is 14.7 Å². The van der Waals surface area contributed by atoms with Crippen LogP contribution in [0.4, 0.5) is 16.3 Å². The predicted octanol–water partition coefficient (Wildman–Crippen LogP) is 3.14.